The van der Waals surface area contributed by atoms with Crippen molar-refractivity contribution in [1.29, 1.82) is 0 Å². The second-order valence-corrected chi connectivity index (χ2v) is 11.2. The van der Waals surface area contributed by atoms with Crippen LogP contribution in [0.1, 0.15) is 77.6 Å². The van der Waals surface area contributed by atoms with E-state index >= 15 is 0 Å². The summed E-state index contributed by atoms with van der Waals surface area (Å²) in [6, 6.07) is 2.41. The lowest BCUT2D eigenvalue weighted by Gasteiger charge is -2.48. The largest absolute Gasteiger partial charge is 0.504 e. The average Bonchev–Trinajstić information content (AvgIpc) is 3.82. The molecule has 3 aliphatic rings. The average molecular weight is 596 g/mol. The van der Waals surface area contributed by atoms with Crippen molar-refractivity contribution < 1.29 is 19.0 Å². The Morgan fingerprint density at radius 1 is 1.22 bits per heavy atom. The van der Waals surface area contributed by atoms with Crippen molar-refractivity contribution >= 4 is 23.3 Å². The van der Waals surface area contributed by atoms with Crippen molar-refractivity contribution in [3.05, 3.63) is 40.3 Å². The minimum absolute atomic E-state index is 0. The first kappa shape index (κ1) is 35.0. The molecule has 2 N–H and O–H groups in total. The number of methoxy groups -OCH3 is 1. The van der Waals surface area contributed by atoms with Gasteiger partial charge in [0.2, 0.25) is 0 Å². The van der Waals surface area contributed by atoms with Crippen molar-refractivity contribution in [3.63, 3.8) is 0 Å². The van der Waals surface area contributed by atoms with E-state index in [4.69, 9.17) is 16.3 Å². The molecule has 0 radical (unpaired) electrons. The number of hydrogen-bond donors (Lipinski definition) is 2. The molecule has 10 heteroatoms. The zero-order valence-corrected chi connectivity index (χ0v) is 25.5. The van der Waals surface area contributed by atoms with E-state index in [1.165, 1.54) is 38.3 Å². The van der Waals surface area contributed by atoms with Crippen LogP contribution in [0.2, 0.25) is 0 Å². The lowest BCUT2D eigenvalue weighted by Crippen LogP contribution is -2.59. The summed E-state index contributed by atoms with van der Waals surface area (Å²) >= 11 is 6.02. The maximum atomic E-state index is 14.5. The summed E-state index contributed by atoms with van der Waals surface area (Å²) in [5.74, 6) is 0.686. The monoisotopic (exact) mass is 595 g/mol. The number of ether oxygens (including phenoxy) is 1. The summed E-state index contributed by atoms with van der Waals surface area (Å²) in [5.41, 5.74) is 1.04. The molecule has 0 bridgehead atoms. The summed E-state index contributed by atoms with van der Waals surface area (Å²) in [6.45, 7) is 12.9. The summed E-state index contributed by atoms with van der Waals surface area (Å²) < 4.78 is 19.3. The molecule has 1 saturated carbocycles. The van der Waals surface area contributed by atoms with Gasteiger partial charge in [-0.15, -0.1) is 0 Å². The molecule has 1 aliphatic carbocycles. The Labute approximate surface area is 251 Å². The molecule has 8 nitrogen and oxygen atoms in total. The molecule has 2 saturated heterocycles. The Balaban J connectivity index is 0.00000192. The highest BCUT2D eigenvalue weighted by Gasteiger charge is 2.42. The fourth-order valence-corrected chi connectivity index (χ4v) is 5.70. The third-order valence-corrected chi connectivity index (χ3v) is 8.31. The maximum Gasteiger partial charge on any atom is 0.254 e. The molecule has 1 aromatic heterocycles. The lowest BCUT2D eigenvalue weighted by atomic mass is 9.97. The van der Waals surface area contributed by atoms with Gasteiger partial charge >= 0.3 is 0 Å². The number of carbonyl (C=O) groups is 1. The van der Waals surface area contributed by atoms with Gasteiger partial charge < -0.3 is 20.1 Å². The number of nitrogens with zero attached hydrogens (tertiary/aromatic N) is 4. The molecule has 0 aromatic carbocycles. The van der Waals surface area contributed by atoms with E-state index in [0.29, 0.717) is 47.4 Å². The van der Waals surface area contributed by atoms with Crippen LogP contribution in [0.15, 0.2) is 34.8 Å². The normalized spacial score (nSPS) is 21.4. The molecule has 1 amide bonds. The van der Waals surface area contributed by atoms with Crippen LogP contribution in [0.5, 0.6) is 5.75 Å². The first-order valence-electron chi connectivity index (χ1n) is 14.7. The van der Waals surface area contributed by atoms with E-state index in [2.05, 4.69) is 25.0 Å². The molecule has 0 spiro atoms. The quantitative estimate of drug-likeness (QED) is 0.256. The van der Waals surface area contributed by atoms with Gasteiger partial charge in [0.25, 0.3) is 5.91 Å². The lowest BCUT2D eigenvalue weighted by molar-refractivity contribution is 0.0582. The second kappa shape index (κ2) is 17.0. The van der Waals surface area contributed by atoms with E-state index in [1.807, 2.05) is 27.7 Å². The maximum absolute atomic E-state index is 14.5. The number of allylic oxidation sites excluding steroid dienone is 3. The predicted octanol–water partition coefficient (Wildman–Crippen LogP) is 5.92. The van der Waals surface area contributed by atoms with Gasteiger partial charge in [0.15, 0.2) is 11.6 Å². The summed E-state index contributed by atoms with van der Waals surface area (Å²) in [6.07, 6.45) is 8.21. The molecule has 41 heavy (non-hydrogen) atoms. The van der Waals surface area contributed by atoms with Crippen LogP contribution in [-0.2, 0) is 4.74 Å². The zero-order valence-electron chi connectivity index (χ0n) is 24.8. The number of likely N-dealkylation sites (tertiary alicyclic amines) is 1. The van der Waals surface area contributed by atoms with Gasteiger partial charge in [0, 0.05) is 56.6 Å². The van der Waals surface area contributed by atoms with Crippen molar-refractivity contribution in [1.82, 2.24) is 20.1 Å². The number of nitrogens with one attached hydrogen (secondary N) is 1. The van der Waals surface area contributed by atoms with Gasteiger partial charge in [-0.2, -0.15) is 0 Å². The van der Waals surface area contributed by atoms with Crippen molar-refractivity contribution in [2.75, 3.05) is 58.0 Å². The van der Waals surface area contributed by atoms with E-state index in [-0.39, 0.29) is 31.6 Å². The van der Waals surface area contributed by atoms with Crippen LogP contribution in [-0.4, -0.2) is 91.0 Å². The number of hydrogen-bond acceptors (Lipinski definition) is 7. The molecular formula is C31H51ClFN5O3. The highest BCUT2D eigenvalue weighted by atomic mass is 35.5. The van der Waals surface area contributed by atoms with Crippen molar-refractivity contribution in [2.24, 2.45) is 5.92 Å². The van der Waals surface area contributed by atoms with Crippen LogP contribution in [0.25, 0.3) is 0 Å². The van der Waals surface area contributed by atoms with E-state index in [1.54, 1.807) is 0 Å². The molecule has 1 atom stereocenters. The first-order chi connectivity index (χ1) is 19.3. The van der Waals surface area contributed by atoms with Crippen LogP contribution in [0.3, 0.4) is 0 Å². The third kappa shape index (κ3) is 9.66. The van der Waals surface area contributed by atoms with Gasteiger partial charge in [-0.1, -0.05) is 39.8 Å². The van der Waals surface area contributed by atoms with Crippen LogP contribution >= 0.6 is 11.6 Å². The molecule has 4 rings (SSSR count). The van der Waals surface area contributed by atoms with Gasteiger partial charge in [0.05, 0.1) is 5.56 Å². The fourth-order valence-electron chi connectivity index (χ4n) is 5.61. The van der Waals surface area contributed by atoms with Crippen molar-refractivity contribution in [2.45, 2.75) is 79.3 Å². The number of rotatable bonds is 10. The van der Waals surface area contributed by atoms with E-state index < -0.39 is 0 Å². The highest BCUT2D eigenvalue weighted by molar-refractivity contribution is 6.29. The SMILES string of the molecule is C.CC.CC/C(Cl)=C\C(F)=C(/C)CN1CCC(N2CCN(c3ncc(C(=O)NCOC)cc3O)CC2C2CC2)CC1. The Morgan fingerprint density at radius 2 is 1.90 bits per heavy atom. The smallest absolute Gasteiger partial charge is 0.254 e. The van der Waals surface area contributed by atoms with Crippen molar-refractivity contribution in [3.8, 4) is 5.75 Å². The molecular weight excluding hydrogens is 545 g/mol. The summed E-state index contributed by atoms with van der Waals surface area (Å²) in [7, 11) is 1.50. The zero-order chi connectivity index (χ0) is 29.2. The summed E-state index contributed by atoms with van der Waals surface area (Å²) in [5, 5.41) is 13.9. The van der Waals surface area contributed by atoms with E-state index in [9.17, 15) is 14.3 Å². The minimum atomic E-state index is -0.331. The van der Waals surface area contributed by atoms with Gasteiger partial charge in [-0.25, -0.2) is 9.37 Å². The number of aromatic hydroxyl groups is 1. The van der Waals surface area contributed by atoms with Crippen LogP contribution in [0, 0.1) is 5.92 Å². The molecule has 1 aromatic rings. The number of pyridine rings is 1. The molecule has 1 unspecified atom stereocenters. The number of anilines is 1. The fraction of sp³-hybridized carbons (Fsp3) is 0.677. The number of piperazine rings is 1. The van der Waals surface area contributed by atoms with Gasteiger partial charge in [-0.05, 0) is 75.8 Å². The van der Waals surface area contributed by atoms with Crippen LogP contribution in [0.4, 0.5) is 10.2 Å². The highest BCUT2D eigenvalue weighted by Crippen LogP contribution is 2.40. The number of piperidine rings is 1. The third-order valence-electron chi connectivity index (χ3n) is 7.93. The minimum Gasteiger partial charge on any atom is -0.504 e. The number of carbonyl (C=O) groups excluding carboxylic acids is 1. The Morgan fingerprint density at radius 3 is 2.49 bits per heavy atom. The van der Waals surface area contributed by atoms with Crippen LogP contribution < -0.4 is 10.2 Å². The topological polar surface area (TPSA) is 81.2 Å². The standard InChI is InChI=1S/C28H41ClFN5O3.C2H6.CH4/c1-4-22(29)14-24(30)19(2)16-33-9-7-23(8-10-33)35-12-11-34(17-25(35)20-5-6-20)27-26(36)13-21(15-31-27)28(37)32-18-38-3;1-2;/h13-15,20,23,25,36H,4-12,16-18H2,1-3H3,(H,32,37);1-2H3;1H4/b22-14+,24-19-;;. The predicted molar refractivity (Wildman–Crippen MR) is 166 cm³/mol. The molecule has 2 aliphatic heterocycles. The Hall–Kier alpha value is -2.20. The van der Waals surface area contributed by atoms with Gasteiger partial charge in [0.1, 0.15) is 12.6 Å². The first-order valence-corrected chi connectivity index (χ1v) is 15.1. The molecule has 232 valence electrons. The molecule has 3 fully saturated rings. The molecule has 3 heterocycles. The Kier molecular flexibility index (Phi) is 14.6. The number of amides is 1. The van der Waals surface area contributed by atoms with Gasteiger partial charge in [-0.3, -0.25) is 14.6 Å². The number of aromatic nitrogens is 1. The van der Waals surface area contributed by atoms with E-state index in [0.717, 1.165) is 51.1 Å². The number of halogens is 2. The Bertz CT molecular complexity index is 1040. The summed E-state index contributed by atoms with van der Waals surface area (Å²) in [4.78, 5) is 23.8. The second-order valence-electron chi connectivity index (χ2n) is 10.7.